The van der Waals surface area contributed by atoms with Crippen molar-refractivity contribution in [1.29, 1.82) is 0 Å². The number of halogens is 1. The molecule has 1 saturated heterocycles. The number of carbonyl (C=O) groups is 1. The number of carbonyl (C=O) groups excluding carboxylic acids is 1. The van der Waals surface area contributed by atoms with Crippen LogP contribution in [0.3, 0.4) is 0 Å². The number of nitrogens with zero attached hydrogens (tertiary/aromatic N) is 2. The summed E-state index contributed by atoms with van der Waals surface area (Å²) >= 11 is 3.14. The summed E-state index contributed by atoms with van der Waals surface area (Å²) in [6.45, 7) is 2.73. The zero-order chi connectivity index (χ0) is 13.1. The summed E-state index contributed by atoms with van der Waals surface area (Å²) in [6.07, 6.45) is 0. The summed E-state index contributed by atoms with van der Waals surface area (Å²) in [6, 6.07) is 4.50. The van der Waals surface area contributed by atoms with E-state index in [2.05, 4.69) is 21.2 Å². The molecule has 0 aromatic heterocycles. The number of nitro benzene ring substituents is 1. The predicted octanol–water partition coefficient (Wildman–Crippen LogP) is 1.40. The van der Waals surface area contributed by atoms with Crippen LogP contribution in [0.1, 0.15) is 10.4 Å². The normalized spacial score (nSPS) is 15.5. The number of piperazine rings is 1. The summed E-state index contributed by atoms with van der Waals surface area (Å²) in [5.74, 6) is -0.174. The van der Waals surface area contributed by atoms with Gasteiger partial charge in [-0.25, -0.2) is 0 Å². The van der Waals surface area contributed by atoms with Gasteiger partial charge in [0.2, 0.25) is 0 Å². The molecule has 2 rings (SSSR count). The maximum Gasteiger partial charge on any atom is 0.284 e. The Hall–Kier alpha value is -1.47. The number of hydrogen-bond donors (Lipinski definition) is 1. The molecule has 1 aromatic rings. The fourth-order valence-electron chi connectivity index (χ4n) is 1.86. The van der Waals surface area contributed by atoms with Gasteiger partial charge >= 0.3 is 0 Å². The Kier molecular flexibility index (Phi) is 3.93. The van der Waals surface area contributed by atoms with Gasteiger partial charge in [-0.3, -0.25) is 14.9 Å². The Morgan fingerprint density at radius 2 is 2.06 bits per heavy atom. The van der Waals surface area contributed by atoms with Gasteiger partial charge in [-0.05, 0) is 22.0 Å². The van der Waals surface area contributed by atoms with Crippen molar-refractivity contribution in [1.82, 2.24) is 10.2 Å². The van der Waals surface area contributed by atoms with Crippen molar-refractivity contribution < 1.29 is 9.72 Å². The number of benzene rings is 1. The molecule has 1 aromatic carbocycles. The van der Waals surface area contributed by atoms with Crippen LogP contribution < -0.4 is 5.32 Å². The van der Waals surface area contributed by atoms with Crippen LogP contribution in [0.15, 0.2) is 22.7 Å². The van der Waals surface area contributed by atoms with Crippen molar-refractivity contribution in [3.8, 4) is 0 Å². The predicted molar refractivity (Wildman–Crippen MR) is 69.6 cm³/mol. The third-order valence-electron chi connectivity index (χ3n) is 2.81. The SMILES string of the molecule is O=C(c1cccc([N+](=O)[O-])c1Br)N1CCNCC1. The lowest BCUT2D eigenvalue weighted by molar-refractivity contribution is -0.385. The minimum absolute atomic E-state index is 0.0871. The maximum atomic E-state index is 12.2. The van der Waals surface area contributed by atoms with Gasteiger partial charge < -0.3 is 10.2 Å². The summed E-state index contributed by atoms with van der Waals surface area (Å²) in [7, 11) is 0. The number of rotatable bonds is 2. The molecular formula is C11H12BrN3O3. The highest BCUT2D eigenvalue weighted by atomic mass is 79.9. The molecule has 0 unspecified atom stereocenters. The van der Waals surface area contributed by atoms with Crippen LogP contribution in [-0.4, -0.2) is 41.9 Å². The molecule has 0 spiro atoms. The third-order valence-corrected chi connectivity index (χ3v) is 3.64. The molecule has 1 amide bonds. The zero-order valence-electron chi connectivity index (χ0n) is 9.56. The van der Waals surface area contributed by atoms with Gasteiger partial charge in [-0.1, -0.05) is 6.07 Å². The van der Waals surface area contributed by atoms with Gasteiger partial charge in [-0.15, -0.1) is 0 Å². The van der Waals surface area contributed by atoms with Crippen LogP contribution in [0.4, 0.5) is 5.69 Å². The number of nitrogens with one attached hydrogen (secondary N) is 1. The molecule has 7 heteroatoms. The van der Waals surface area contributed by atoms with Crippen LogP contribution in [-0.2, 0) is 0 Å². The first-order valence-electron chi connectivity index (χ1n) is 5.54. The smallest absolute Gasteiger partial charge is 0.284 e. The molecule has 0 saturated carbocycles. The molecule has 0 atom stereocenters. The summed E-state index contributed by atoms with van der Waals surface area (Å²) in [4.78, 5) is 24.2. The van der Waals surface area contributed by atoms with Gasteiger partial charge in [0.25, 0.3) is 11.6 Å². The van der Waals surface area contributed by atoms with Crippen molar-refractivity contribution >= 4 is 27.5 Å². The van der Waals surface area contributed by atoms with E-state index in [4.69, 9.17) is 0 Å². The highest BCUT2D eigenvalue weighted by molar-refractivity contribution is 9.10. The minimum Gasteiger partial charge on any atom is -0.336 e. The number of amides is 1. The van der Waals surface area contributed by atoms with E-state index in [1.807, 2.05) is 0 Å². The molecular weight excluding hydrogens is 302 g/mol. The van der Waals surface area contributed by atoms with E-state index in [0.29, 0.717) is 18.7 Å². The highest BCUT2D eigenvalue weighted by Crippen LogP contribution is 2.29. The summed E-state index contributed by atoms with van der Waals surface area (Å²) in [5, 5.41) is 14.0. The van der Waals surface area contributed by atoms with Gasteiger partial charge in [0.15, 0.2) is 0 Å². The quantitative estimate of drug-likeness (QED) is 0.661. The topological polar surface area (TPSA) is 75.5 Å². The number of hydrogen-bond acceptors (Lipinski definition) is 4. The average Bonchev–Trinajstić information content (AvgIpc) is 2.39. The first-order chi connectivity index (χ1) is 8.61. The first kappa shape index (κ1) is 13.0. The Bertz CT molecular complexity index is 486. The highest BCUT2D eigenvalue weighted by Gasteiger charge is 2.24. The molecule has 1 heterocycles. The molecule has 6 nitrogen and oxygen atoms in total. The Balaban J connectivity index is 2.30. The molecule has 1 fully saturated rings. The molecule has 1 N–H and O–H groups in total. The molecule has 0 bridgehead atoms. The Morgan fingerprint density at radius 1 is 1.39 bits per heavy atom. The van der Waals surface area contributed by atoms with Gasteiger partial charge in [-0.2, -0.15) is 0 Å². The molecule has 1 aliphatic heterocycles. The van der Waals surface area contributed by atoms with Crippen LogP contribution in [0, 0.1) is 10.1 Å². The zero-order valence-corrected chi connectivity index (χ0v) is 11.1. The molecule has 96 valence electrons. The average molecular weight is 314 g/mol. The van der Waals surface area contributed by atoms with Crippen LogP contribution in [0.2, 0.25) is 0 Å². The summed E-state index contributed by atoms with van der Waals surface area (Å²) < 4.78 is 0.249. The Morgan fingerprint density at radius 3 is 2.67 bits per heavy atom. The lowest BCUT2D eigenvalue weighted by Gasteiger charge is -2.27. The first-order valence-corrected chi connectivity index (χ1v) is 6.33. The van der Waals surface area contributed by atoms with Crippen molar-refractivity contribution in [2.75, 3.05) is 26.2 Å². The third kappa shape index (κ3) is 2.51. The van der Waals surface area contributed by atoms with Gasteiger partial charge in [0.05, 0.1) is 10.5 Å². The molecule has 0 aliphatic carbocycles. The van der Waals surface area contributed by atoms with E-state index >= 15 is 0 Å². The fraction of sp³-hybridized carbons (Fsp3) is 0.364. The van der Waals surface area contributed by atoms with Gasteiger partial charge in [0, 0.05) is 32.2 Å². The molecule has 1 aliphatic rings. The van der Waals surface area contributed by atoms with Crippen molar-refractivity contribution in [2.24, 2.45) is 0 Å². The fourth-order valence-corrected chi connectivity index (χ4v) is 2.44. The lowest BCUT2D eigenvalue weighted by atomic mass is 10.1. The number of nitro groups is 1. The van der Waals surface area contributed by atoms with E-state index in [0.717, 1.165) is 13.1 Å². The second-order valence-electron chi connectivity index (χ2n) is 3.94. The van der Waals surface area contributed by atoms with E-state index < -0.39 is 4.92 Å². The van der Waals surface area contributed by atoms with Crippen LogP contribution >= 0.6 is 15.9 Å². The van der Waals surface area contributed by atoms with Crippen molar-refractivity contribution in [3.63, 3.8) is 0 Å². The Labute approximate surface area is 112 Å². The molecule has 0 radical (unpaired) electrons. The second kappa shape index (κ2) is 5.45. The largest absolute Gasteiger partial charge is 0.336 e. The summed E-state index contributed by atoms with van der Waals surface area (Å²) in [5.41, 5.74) is 0.252. The lowest BCUT2D eigenvalue weighted by Crippen LogP contribution is -2.46. The van der Waals surface area contributed by atoms with Crippen LogP contribution in [0.5, 0.6) is 0 Å². The van der Waals surface area contributed by atoms with Crippen LogP contribution in [0.25, 0.3) is 0 Å². The maximum absolute atomic E-state index is 12.2. The van der Waals surface area contributed by atoms with Crippen molar-refractivity contribution in [3.05, 3.63) is 38.3 Å². The van der Waals surface area contributed by atoms with Gasteiger partial charge in [0.1, 0.15) is 4.47 Å². The van der Waals surface area contributed by atoms with E-state index in [-0.39, 0.29) is 16.1 Å². The van der Waals surface area contributed by atoms with E-state index in [1.165, 1.54) is 12.1 Å². The monoisotopic (exact) mass is 313 g/mol. The molecule has 18 heavy (non-hydrogen) atoms. The minimum atomic E-state index is -0.501. The second-order valence-corrected chi connectivity index (χ2v) is 4.73. The standard InChI is InChI=1S/C11H12BrN3O3/c12-10-8(2-1-3-9(10)15(17)18)11(16)14-6-4-13-5-7-14/h1-3,13H,4-7H2. The van der Waals surface area contributed by atoms with E-state index in [9.17, 15) is 14.9 Å². The van der Waals surface area contributed by atoms with E-state index in [1.54, 1.807) is 11.0 Å². The van der Waals surface area contributed by atoms with Crippen molar-refractivity contribution in [2.45, 2.75) is 0 Å².